The number of hydrogen-bond donors (Lipinski definition) is 0. The molecule has 0 saturated carbocycles. The van der Waals surface area contributed by atoms with Crippen LogP contribution < -0.4 is 0 Å². The molecule has 0 N–H and O–H groups in total. The number of alkyl halides is 1. The van der Waals surface area contributed by atoms with Crippen molar-refractivity contribution < 1.29 is 9.13 Å². The van der Waals surface area contributed by atoms with Gasteiger partial charge >= 0.3 is 0 Å². The Morgan fingerprint density at radius 3 is 2.33 bits per heavy atom. The molecule has 90 valence electrons. The molecule has 15 heavy (non-hydrogen) atoms. The van der Waals surface area contributed by atoms with Crippen molar-refractivity contribution in [2.45, 2.75) is 65.8 Å². The van der Waals surface area contributed by atoms with Crippen molar-refractivity contribution in [1.82, 2.24) is 0 Å². The molecule has 1 nitrogen and oxygen atoms in total. The van der Waals surface area contributed by atoms with Crippen LogP contribution in [0.3, 0.4) is 0 Å². The molecule has 0 spiro atoms. The fraction of sp³-hybridized carbons (Fsp3) is 1.00. The van der Waals surface area contributed by atoms with Crippen molar-refractivity contribution >= 4 is 0 Å². The topological polar surface area (TPSA) is 9.23 Å². The van der Waals surface area contributed by atoms with Crippen molar-refractivity contribution in [3.8, 4) is 0 Å². The van der Waals surface area contributed by atoms with Gasteiger partial charge in [0.2, 0.25) is 5.85 Å². The molecule has 1 aliphatic heterocycles. The highest BCUT2D eigenvalue weighted by Crippen LogP contribution is 2.43. The van der Waals surface area contributed by atoms with Crippen molar-refractivity contribution in [2.75, 3.05) is 0 Å². The van der Waals surface area contributed by atoms with Crippen LogP contribution in [0.25, 0.3) is 0 Å². The molecule has 1 fully saturated rings. The van der Waals surface area contributed by atoms with Gasteiger partial charge in [0.15, 0.2) is 0 Å². The molecule has 0 bridgehead atoms. The molecule has 1 saturated heterocycles. The molecule has 5 unspecified atom stereocenters. The molecule has 0 aromatic carbocycles. The van der Waals surface area contributed by atoms with E-state index in [0.29, 0.717) is 11.8 Å². The maximum absolute atomic E-state index is 14.1. The van der Waals surface area contributed by atoms with Crippen LogP contribution in [0.15, 0.2) is 0 Å². The number of unbranched alkanes of at least 4 members (excludes halogenated alkanes) is 1. The second kappa shape index (κ2) is 4.82. The van der Waals surface area contributed by atoms with Gasteiger partial charge in [-0.15, -0.1) is 0 Å². The van der Waals surface area contributed by atoms with Gasteiger partial charge in [-0.2, -0.15) is 0 Å². The van der Waals surface area contributed by atoms with Gasteiger partial charge in [-0.05, 0) is 25.2 Å². The molecule has 0 amide bonds. The van der Waals surface area contributed by atoms with E-state index in [9.17, 15) is 4.39 Å². The summed E-state index contributed by atoms with van der Waals surface area (Å²) in [5, 5.41) is 0. The average Bonchev–Trinajstić information content (AvgIpc) is 2.19. The first-order valence-electron chi connectivity index (χ1n) is 6.26. The van der Waals surface area contributed by atoms with E-state index < -0.39 is 5.85 Å². The average molecular weight is 216 g/mol. The lowest BCUT2D eigenvalue weighted by Crippen LogP contribution is -2.49. The molecule has 0 radical (unpaired) electrons. The second-order valence-electron chi connectivity index (χ2n) is 5.29. The van der Waals surface area contributed by atoms with Crippen molar-refractivity contribution in [2.24, 2.45) is 17.8 Å². The Morgan fingerprint density at radius 2 is 1.80 bits per heavy atom. The van der Waals surface area contributed by atoms with Crippen LogP contribution in [0.2, 0.25) is 0 Å². The van der Waals surface area contributed by atoms with Crippen LogP contribution in [0.4, 0.5) is 4.39 Å². The summed E-state index contributed by atoms with van der Waals surface area (Å²) in [4.78, 5) is 0. The van der Waals surface area contributed by atoms with Crippen LogP contribution >= 0.6 is 0 Å². The molecule has 0 aromatic heterocycles. The molecule has 2 heteroatoms. The third-order valence-electron chi connectivity index (χ3n) is 4.24. The smallest absolute Gasteiger partial charge is 0.209 e. The standard InChI is InChI=1S/C13H25FO/c1-6-7-8-12-10(3)9(2)11(4)13(5,14)15-12/h9-12H,6-8H2,1-5H3. The zero-order chi connectivity index (χ0) is 11.6. The highest BCUT2D eigenvalue weighted by atomic mass is 19.2. The molecule has 0 aromatic rings. The minimum Gasteiger partial charge on any atom is -0.342 e. The summed E-state index contributed by atoms with van der Waals surface area (Å²) in [5.74, 6) is -0.582. The Balaban J connectivity index is 2.66. The van der Waals surface area contributed by atoms with Crippen LogP contribution in [0, 0.1) is 17.8 Å². The summed E-state index contributed by atoms with van der Waals surface area (Å²) in [5.41, 5.74) is 0. The first-order chi connectivity index (χ1) is 6.90. The second-order valence-corrected chi connectivity index (χ2v) is 5.29. The SMILES string of the molecule is CCCCC1OC(C)(F)C(C)C(C)C1C. The summed E-state index contributed by atoms with van der Waals surface area (Å²) in [6.07, 6.45) is 3.38. The van der Waals surface area contributed by atoms with E-state index >= 15 is 0 Å². The van der Waals surface area contributed by atoms with E-state index in [0.717, 1.165) is 19.3 Å². The molecule has 5 atom stereocenters. The minimum atomic E-state index is -1.44. The number of rotatable bonds is 3. The van der Waals surface area contributed by atoms with E-state index in [2.05, 4.69) is 20.8 Å². The Morgan fingerprint density at radius 1 is 1.20 bits per heavy atom. The van der Waals surface area contributed by atoms with E-state index in [1.807, 2.05) is 6.92 Å². The van der Waals surface area contributed by atoms with Crippen molar-refractivity contribution in [1.29, 1.82) is 0 Å². The minimum absolute atomic E-state index is 0.00891. The summed E-state index contributed by atoms with van der Waals surface area (Å²) >= 11 is 0. The van der Waals surface area contributed by atoms with Gasteiger partial charge in [-0.1, -0.05) is 40.5 Å². The van der Waals surface area contributed by atoms with Gasteiger partial charge in [-0.25, -0.2) is 4.39 Å². The van der Waals surface area contributed by atoms with Crippen LogP contribution in [0.5, 0.6) is 0 Å². The summed E-state index contributed by atoms with van der Waals surface area (Å²) in [6, 6.07) is 0. The normalized spacial score (nSPS) is 46.8. The molecule has 0 aliphatic carbocycles. The van der Waals surface area contributed by atoms with Crippen molar-refractivity contribution in [3.63, 3.8) is 0 Å². The Bertz CT molecular complexity index is 203. The van der Waals surface area contributed by atoms with E-state index in [1.54, 1.807) is 6.92 Å². The largest absolute Gasteiger partial charge is 0.342 e. The lowest BCUT2D eigenvalue weighted by atomic mass is 9.75. The van der Waals surface area contributed by atoms with Crippen LogP contribution in [-0.4, -0.2) is 12.0 Å². The first-order valence-corrected chi connectivity index (χ1v) is 6.26. The Labute approximate surface area is 93.4 Å². The molecule has 1 rings (SSSR count). The Hall–Kier alpha value is -0.110. The molecular weight excluding hydrogens is 191 g/mol. The lowest BCUT2D eigenvalue weighted by molar-refractivity contribution is -0.257. The predicted molar refractivity (Wildman–Crippen MR) is 61.4 cm³/mol. The third-order valence-corrected chi connectivity index (χ3v) is 4.24. The van der Waals surface area contributed by atoms with Crippen molar-refractivity contribution in [3.05, 3.63) is 0 Å². The Kier molecular flexibility index (Phi) is 4.16. The molecular formula is C13H25FO. The zero-order valence-corrected chi connectivity index (χ0v) is 10.7. The van der Waals surface area contributed by atoms with Gasteiger partial charge in [0, 0.05) is 5.92 Å². The summed E-state index contributed by atoms with van der Waals surface area (Å²) in [7, 11) is 0. The van der Waals surface area contributed by atoms with Gasteiger partial charge in [0.1, 0.15) is 0 Å². The monoisotopic (exact) mass is 216 g/mol. The quantitative estimate of drug-likeness (QED) is 0.688. The van der Waals surface area contributed by atoms with E-state index in [-0.39, 0.29) is 12.0 Å². The maximum Gasteiger partial charge on any atom is 0.209 e. The maximum atomic E-state index is 14.1. The number of ether oxygens (including phenoxy) is 1. The number of halogens is 1. The van der Waals surface area contributed by atoms with Gasteiger partial charge in [0.05, 0.1) is 6.10 Å². The lowest BCUT2D eigenvalue weighted by Gasteiger charge is -2.46. The van der Waals surface area contributed by atoms with Gasteiger partial charge in [-0.3, -0.25) is 0 Å². The number of hydrogen-bond acceptors (Lipinski definition) is 1. The predicted octanol–water partition coefficient (Wildman–Crippen LogP) is 4.17. The van der Waals surface area contributed by atoms with Crippen LogP contribution in [-0.2, 0) is 4.74 Å². The van der Waals surface area contributed by atoms with E-state index in [1.165, 1.54) is 0 Å². The van der Waals surface area contributed by atoms with E-state index in [4.69, 9.17) is 4.74 Å². The fourth-order valence-electron chi connectivity index (χ4n) is 2.50. The highest BCUT2D eigenvalue weighted by molar-refractivity contribution is 4.87. The third kappa shape index (κ3) is 2.72. The van der Waals surface area contributed by atoms with Gasteiger partial charge in [0.25, 0.3) is 0 Å². The molecule has 1 heterocycles. The zero-order valence-electron chi connectivity index (χ0n) is 10.7. The van der Waals surface area contributed by atoms with Gasteiger partial charge < -0.3 is 4.74 Å². The fourth-order valence-corrected chi connectivity index (χ4v) is 2.50. The highest BCUT2D eigenvalue weighted by Gasteiger charge is 2.46. The summed E-state index contributed by atoms with van der Waals surface area (Å²) < 4.78 is 19.7. The molecule has 1 aliphatic rings. The summed E-state index contributed by atoms with van der Waals surface area (Å²) in [6.45, 7) is 10.0. The van der Waals surface area contributed by atoms with Crippen LogP contribution in [0.1, 0.15) is 53.9 Å². The first kappa shape index (κ1) is 13.0.